The third-order valence-corrected chi connectivity index (χ3v) is 5.48. The van der Waals surface area contributed by atoms with E-state index in [1.54, 1.807) is 18.6 Å². The van der Waals surface area contributed by atoms with Crippen LogP contribution in [0.15, 0.2) is 55.0 Å². The van der Waals surface area contributed by atoms with Crippen LogP contribution in [-0.4, -0.2) is 38.1 Å². The molecule has 0 aliphatic carbocycles. The van der Waals surface area contributed by atoms with Crippen molar-refractivity contribution in [3.8, 4) is 0 Å². The molecule has 4 heterocycles. The topological polar surface area (TPSA) is 57.2 Å². The summed E-state index contributed by atoms with van der Waals surface area (Å²) >= 11 is 17.9. The van der Waals surface area contributed by atoms with Gasteiger partial charge in [-0.3, -0.25) is 15.0 Å². The van der Waals surface area contributed by atoms with E-state index < -0.39 is 0 Å². The first kappa shape index (κ1) is 21.4. The fourth-order valence-electron chi connectivity index (χ4n) is 3.51. The molecule has 30 heavy (non-hydrogen) atoms. The largest absolute Gasteiger partial charge is 0.260 e. The molecule has 0 aromatic carbocycles. The Kier molecular flexibility index (Phi) is 7.15. The Balaban J connectivity index is 1.47. The van der Waals surface area contributed by atoms with Gasteiger partial charge in [-0.2, -0.15) is 5.53 Å². The summed E-state index contributed by atoms with van der Waals surface area (Å²) in [5.41, 5.74) is 6.40. The molecule has 0 bridgehead atoms. The molecule has 0 spiro atoms. The van der Waals surface area contributed by atoms with Gasteiger partial charge in [0, 0.05) is 37.4 Å². The summed E-state index contributed by atoms with van der Waals surface area (Å²) in [5.74, 6) is 0.375. The van der Waals surface area contributed by atoms with Crippen LogP contribution in [0.3, 0.4) is 0 Å². The Labute approximate surface area is 190 Å². The number of aromatic nitrogens is 3. The fraction of sp³-hybridized carbons (Fsp3) is 0.286. The lowest BCUT2D eigenvalue weighted by molar-refractivity contribution is -0.0553. The lowest BCUT2D eigenvalue weighted by atomic mass is 10.0. The van der Waals surface area contributed by atoms with Gasteiger partial charge in [0.05, 0.1) is 39.5 Å². The van der Waals surface area contributed by atoms with Crippen molar-refractivity contribution in [2.75, 3.05) is 13.1 Å². The van der Waals surface area contributed by atoms with E-state index in [9.17, 15) is 0 Å². The molecule has 0 amide bonds. The molecule has 3 aromatic rings. The number of pyridine rings is 3. The number of rotatable bonds is 6. The van der Waals surface area contributed by atoms with Crippen LogP contribution < -0.4 is 5.53 Å². The quantitative estimate of drug-likeness (QED) is 0.584. The van der Waals surface area contributed by atoms with Gasteiger partial charge in [-0.1, -0.05) is 34.8 Å². The van der Waals surface area contributed by atoms with E-state index in [4.69, 9.17) is 34.8 Å². The van der Waals surface area contributed by atoms with Gasteiger partial charge in [0.25, 0.3) is 0 Å². The summed E-state index contributed by atoms with van der Waals surface area (Å²) in [6, 6.07) is 11.5. The van der Waals surface area contributed by atoms with E-state index in [0.29, 0.717) is 34.1 Å². The molecule has 0 atom stereocenters. The highest BCUT2D eigenvalue weighted by Crippen LogP contribution is 2.19. The third kappa shape index (κ3) is 6.11. The Hall–Kier alpha value is -1.80. The van der Waals surface area contributed by atoms with Crippen molar-refractivity contribution >= 4 is 34.8 Å². The van der Waals surface area contributed by atoms with Gasteiger partial charge in [-0.05, 0) is 48.7 Å². The summed E-state index contributed by atoms with van der Waals surface area (Å²) in [7, 11) is 0. The minimum atomic E-state index is 0.375. The van der Waals surface area contributed by atoms with Gasteiger partial charge in [-0.25, -0.2) is 10.0 Å². The first-order valence-corrected chi connectivity index (χ1v) is 10.7. The highest BCUT2D eigenvalue weighted by molar-refractivity contribution is 6.30. The second-order valence-electron chi connectivity index (χ2n) is 7.33. The van der Waals surface area contributed by atoms with Crippen LogP contribution >= 0.6 is 34.8 Å². The first-order valence-electron chi connectivity index (χ1n) is 9.61. The number of nitrogens with one attached hydrogen (secondary N) is 1. The molecule has 9 heteroatoms. The van der Waals surface area contributed by atoms with Gasteiger partial charge in [0.1, 0.15) is 0 Å². The van der Waals surface area contributed by atoms with E-state index in [1.807, 2.05) is 36.4 Å². The highest BCUT2D eigenvalue weighted by Gasteiger charge is 2.26. The van der Waals surface area contributed by atoms with Gasteiger partial charge >= 0.3 is 0 Å². The summed E-state index contributed by atoms with van der Waals surface area (Å²) < 4.78 is 0. The monoisotopic (exact) mass is 462 g/mol. The molecule has 0 radical (unpaired) electrons. The zero-order valence-corrected chi connectivity index (χ0v) is 18.4. The van der Waals surface area contributed by atoms with Gasteiger partial charge in [0.15, 0.2) is 0 Å². The van der Waals surface area contributed by atoms with Crippen LogP contribution in [-0.2, 0) is 19.5 Å². The lowest BCUT2D eigenvalue weighted by Gasteiger charge is -2.40. The molecular weight excluding hydrogens is 443 g/mol. The number of hydrogen-bond acceptors (Lipinski definition) is 6. The van der Waals surface area contributed by atoms with Gasteiger partial charge < -0.3 is 0 Å². The molecule has 4 rings (SSSR count). The minimum Gasteiger partial charge on any atom is -0.260 e. The van der Waals surface area contributed by atoms with Crippen LogP contribution in [0.25, 0.3) is 0 Å². The van der Waals surface area contributed by atoms with Crippen molar-refractivity contribution in [3.63, 3.8) is 0 Å². The van der Waals surface area contributed by atoms with E-state index >= 15 is 0 Å². The zero-order valence-electron chi connectivity index (χ0n) is 16.2. The lowest BCUT2D eigenvalue weighted by Crippen LogP contribution is -2.58. The average molecular weight is 464 g/mol. The standard InChI is InChI=1S/C21H21Cl3N6/c22-16-1-4-19(25-8-16)7-15-11-29(13-20-5-2-17(23)9-26-20)28-30(12-15)14-21-6-3-18(24)10-27-21/h1-6,8-10,15,28H,7,11-14H2. The maximum absolute atomic E-state index is 5.98. The van der Waals surface area contributed by atoms with Crippen LogP contribution in [0.2, 0.25) is 15.1 Å². The smallest absolute Gasteiger partial charge is 0.0589 e. The maximum Gasteiger partial charge on any atom is 0.0589 e. The van der Waals surface area contributed by atoms with E-state index in [2.05, 4.69) is 30.5 Å². The van der Waals surface area contributed by atoms with Crippen LogP contribution in [0.5, 0.6) is 0 Å². The first-order chi connectivity index (χ1) is 14.5. The molecular formula is C21H21Cl3N6. The van der Waals surface area contributed by atoms with Crippen LogP contribution in [0, 0.1) is 5.92 Å². The predicted octanol–water partition coefficient (Wildman–Crippen LogP) is 4.43. The van der Waals surface area contributed by atoms with Crippen molar-refractivity contribution in [2.45, 2.75) is 19.5 Å². The molecule has 1 fully saturated rings. The SMILES string of the molecule is Clc1ccc(CC2CN(Cc3ccc(Cl)cn3)NN(Cc3ccc(Cl)cn3)C2)nc1. The minimum absolute atomic E-state index is 0.375. The molecule has 3 aromatic heterocycles. The molecule has 1 aliphatic heterocycles. The summed E-state index contributed by atoms with van der Waals surface area (Å²) in [5, 5.41) is 6.24. The van der Waals surface area contributed by atoms with Crippen molar-refractivity contribution < 1.29 is 0 Å². The Bertz CT molecular complexity index is 817. The van der Waals surface area contributed by atoms with E-state index in [1.165, 1.54) is 0 Å². The molecule has 1 N–H and O–H groups in total. The van der Waals surface area contributed by atoms with E-state index in [0.717, 1.165) is 36.6 Å². The Morgan fingerprint density at radius 2 is 1.13 bits per heavy atom. The van der Waals surface area contributed by atoms with Crippen molar-refractivity contribution in [1.82, 2.24) is 30.5 Å². The molecule has 0 unspecified atom stereocenters. The number of halogens is 3. The zero-order chi connectivity index (χ0) is 20.9. The molecule has 1 aliphatic rings. The highest BCUT2D eigenvalue weighted by atomic mass is 35.5. The van der Waals surface area contributed by atoms with Crippen molar-refractivity contribution in [2.24, 2.45) is 5.92 Å². The molecule has 156 valence electrons. The molecule has 1 saturated heterocycles. The van der Waals surface area contributed by atoms with E-state index in [-0.39, 0.29) is 0 Å². The second-order valence-corrected chi connectivity index (χ2v) is 8.64. The molecule has 0 saturated carbocycles. The fourth-order valence-corrected chi connectivity index (χ4v) is 3.84. The Morgan fingerprint density at radius 1 is 0.700 bits per heavy atom. The normalized spacial score (nSPS) is 16.1. The van der Waals surface area contributed by atoms with Gasteiger partial charge in [-0.15, -0.1) is 0 Å². The summed E-state index contributed by atoms with van der Waals surface area (Å²) in [6.07, 6.45) is 5.90. The number of hydrogen-bond donors (Lipinski definition) is 1. The predicted molar refractivity (Wildman–Crippen MR) is 119 cm³/mol. The Morgan fingerprint density at radius 3 is 1.53 bits per heavy atom. The molecule has 6 nitrogen and oxygen atoms in total. The van der Waals surface area contributed by atoms with Crippen molar-refractivity contribution in [1.29, 1.82) is 0 Å². The van der Waals surface area contributed by atoms with Gasteiger partial charge in [0.2, 0.25) is 0 Å². The third-order valence-electron chi connectivity index (χ3n) is 4.81. The summed E-state index contributed by atoms with van der Waals surface area (Å²) in [6.45, 7) is 3.04. The number of hydrazine groups is 2. The van der Waals surface area contributed by atoms with Crippen molar-refractivity contribution in [3.05, 3.63) is 87.1 Å². The maximum atomic E-state index is 5.98. The number of nitrogens with zero attached hydrogens (tertiary/aromatic N) is 5. The van der Waals surface area contributed by atoms with Crippen LogP contribution in [0.1, 0.15) is 17.1 Å². The second kappa shape index (κ2) is 10.0. The average Bonchev–Trinajstić information content (AvgIpc) is 2.73. The van der Waals surface area contributed by atoms with Crippen LogP contribution in [0.4, 0.5) is 0 Å². The summed E-state index contributed by atoms with van der Waals surface area (Å²) in [4.78, 5) is 13.3.